The SMILES string of the molecule is CC(C)CC[C@@H](C)NC(=O)CSc1nc2ccccc2s1. The molecule has 0 bridgehead atoms. The fourth-order valence-electron chi connectivity index (χ4n) is 2.01. The highest BCUT2D eigenvalue weighted by Crippen LogP contribution is 2.29. The number of nitrogens with one attached hydrogen (secondary N) is 1. The largest absolute Gasteiger partial charge is 0.353 e. The number of para-hydroxylation sites is 1. The first kappa shape index (κ1) is 16.3. The molecule has 0 radical (unpaired) electrons. The fraction of sp³-hybridized carbons (Fsp3) is 0.500. The molecule has 0 fully saturated rings. The van der Waals surface area contributed by atoms with E-state index in [1.807, 2.05) is 18.2 Å². The molecule has 5 heteroatoms. The molecule has 0 saturated heterocycles. The summed E-state index contributed by atoms with van der Waals surface area (Å²) in [4.78, 5) is 16.5. The number of carbonyl (C=O) groups is 1. The van der Waals surface area contributed by atoms with Gasteiger partial charge in [-0.3, -0.25) is 4.79 Å². The van der Waals surface area contributed by atoms with Crippen molar-refractivity contribution >= 4 is 39.2 Å². The summed E-state index contributed by atoms with van der Waals surface area (Å²) in [6.45, 7) is 6.48. The van der Waals surface area contributed by atoms with Gasteiger partial charge in [0.25, 0.3) is 0 Å². The molecule has 1 N–H and O–H groups in total. The Morgan fingerprint density at radius 3 is 2.76 bits per heavy atom. The second-order valence-electron chi connectivity index (χ2n) is 5.68. The second kappa shape index (κ2) is 7.80. The van der Waals surface area contributed by atoms with Crippen LogP contribution in [0.5, 0.6) is 0 Å². The lowest BCUT2D eigenvalue weighted by molar-refractivity contribution is -0.119. The molecule has 0 unspecified atom stereocenters. The van der Waals surface area contributed by atoms with E-state index in [9.17, 15) is 4.79 Å². The molecular weight excluding hydrogens is 300 g/mol. The van der Waals surface area contributed by atoms with Crippen LogP contribution in [0, 0.1) is 5.92 Å². The van der Waals surface area contributed by atoms with Gasteiger partial charge in [-0.2, -0.15) is 0 Å². The Morgan fingerprint density at radius 1 is 1.29 bits per heavy atom. The Morgan fingerprint density at radius 2 is 2.05 bits per heavy atom. The van der Waals surface area contributed by atoms with Crippen LogP contribution < -0.4 is 5.32 Å². The van der Waals surface area contributed by atoms with Gasteiger partial charge < -0.3 is 5.32 Å². The van der Waals surface area contributed by atoms with Crippen LogP contribution in [0.1, 0.15) is 33.6 Å². The molecule has 1 aromatic heterocycles. The lowest BCUT2D eigenvalue weighted by Crippen LogP contribution is -2.33. The summed E-state index contributed by atoms with van der Waals surface area (Å²) in [6, 6.07) is 8.31. The van der Waals surface area contributed by atoms with E-state index in [0.717, 1.165) is 22.7 Å². The predicted molar refractivity (Wildman–Crippen MR) is 92.0 cm³/mol. The van der Waals surface area contributed by atoms with Gasteiger partial charge in [0.15, 0.2) is 4.34 Å². The fourth-order valence-corrected chi connectivity index (χ4v) is 3.89. The van der Waals surface area contributed by atoms with Gasteiger partial charge in [0, 0.05) is 6.04 Å². The van der Waals surface area contributed by atoms with Crippen LogP contribution in [0.4, 0.5) is 0 Å². The van der Waals surface area contributed by atoms with Gasteiger partial charge in [-0.25, -0.2) is 4.98 Å². The van der Waals surface area contributed by atoms with Crippen LogP contribution in [0.15, 0.2) is 28.6 Å². The zero-order chi connectivity index (χ0) is 15.2. The third kappa shape index (κ3) is 5.32. The lowest BCUT2D eigenvalue weighted by Gasteiger charge is -2.14. The standard InChI is InChI=1S/C16H22N2OS2/c1-11(2)8-9-12(3)17-15(19)10-20-16-18-13-6-4-5-7-14(13)21-16/h4-7,11-12H,8-10H2,1-3H3,(H,17,19)/t12-/m1/s1. The van der Waals surface area contributed by atoms with Crippen LogP contribution >= 0.6 is 23.1 Å². The number of aromatic nitrogens is 1. The van der Waals surface area contributed by atoms with Crippen molar-refractivity contribution in [2.24, 2.45) is 5.92 Å². The molecule has 0 aliphatic carbocycles. The summed E-state index contributed by atoms with van der Waals surface area (Å²) in [5.41, 5.74) is 1.01. The van der Waals surface area contributed by atoms with Crippen molar-refractivity contribution in [3.8, 4) is 0 Å². The van der Waals surface area contributed by atoms with Gasteiger partial charge in [-0.05, 0) is 37.8 Å². The van der Waals surface area contributed by atoms with Crippen LogP contribution in [0.2, 0.25) is 0 Å². The molecule has 3 nitrogen and oxygen atoms in total. The molecule has 2 rings (SSSR count). The van der Waals surface area contributed by atoms with Gasteiger partial charge in [-0.1, -0.05) is 37.7 Å². The number of thioether (sulfide) groups is 1. The van der Waals surface area contributed by atoms with Gasteiger partial charge >= 0.3 is 0 Å². The Kier molecular flexibility index (Phi) is 6.06. The molecule has 0 aliphatic rings. The van der Waals surface area contributed by atoms with Crippen LogP contribution in [0.25, 0.3) is 10.2 Å². The number of thiazole rings is 1. The summed E-state index contributed by atoms with van der Waals surface area (Å²) < 4.78 is 2.13. The van der Waals surface area contributed by atoms with Crippen molar-refractivity contribution in [2.75, 3.05) is 5.75 Å². The van der Waals surface area contributed by atoms with Gasteiger partial charge in [-0.15, -0.1) is 11.3 Å². The van der Waals surface area contributed by atoms with E-state index in [0.29, 0.717) is 11.7 Å². The maximum Gasteiger partial charge on any atom is 0.230 e. The number of amides is 1. The number of hydrogen-bond acceptors (Lipinski definition) is 4. The zero-order valence-electron chi connectivity index (χ0n) is 12.8. The summed E-state index contributed by atoms with van der Waals surface area (Å²) in [7, 11) is 0. The lowest BCUT2D eigenvalue weighted by atomic mass is 10.0. The highest BCUT2D eigenvalue weighted by molar-refractivity contribution is 8.01. The molecule has 21 heavy (non-hydrogen) atoms. The second-order valence-corrected chi connectivity index (χ2v) is 7.93. The smallest absolute Gasteiger partial charge is 0.230 e. The van der Waals surface area contributed by atoms with Crippen molar-refractivity contribution < 1.29 is 4.79 Å². The van der Waals surface area contributed by atoms with Crippen molar-refractivity contribution in [2.45, 2.75) is 44.0 Å². The van der Waals surface area contributed by atoms with Crippen LogP contribution in [-0.2, 0) is 4.79 Å². The van der Waals surface area contributed by atoms with Gasteiger partial charge in [0.2, 0.25) is 5.91 Å². The number of hydrogen-bond donors (Lipinski definition) is 1. The van der Waals surface area contributed by atoms with Crippen molar-refractivity contribution in [1.82, 2.24) is 10.3 Å². The Labute approximate surface area is 134 Å². The van der Waals surface area contributed by atoms with E-state index in [4.69, 9.17) is 0 Å². The first-order chi connectivity index (χ1) is 10.0. The van der Waals surface area contributed by atoms with E-state index in [2.05, 4.69) is 37.1 Å². The maximum atomic E-state index is 11.9. The van der Waals surface area contributed by atoms with E-state index < -0.39 is 0 Å². The number of rotatable bonds is 7. The van der Waals surface area contributed by atoms with Gasteiger partial charge in [0.05, 0.1) is 16.0 Å². The van der Waals surface area contributed by atoms with Crippen molar-refractivity contribution in [3.63, 3.8) is 0 Å². The predicted octanol–water partition coefficient (Wildman–Crippen LogP) is 4.33. The molecule has 1 aromatic carbocycles. The molecule has 114 valence electrons. The number of nitrogens with zero attached hydrogens (tertiary/aromatic N) is 1. The molecule has 1 amide bonds. The summed E-state index contributed by atoms with van der Waals surface area (Å²) in [6.07, 6.45) is 2.18. The molecule has 0 aliphatic heterocycles. The zero-order valence-corrected chi connectivity index (χ0v) is 14.4. The summed E-state index contributed by atoms with van der Waals surface area (Å²) >= 11 is 3.16. The number of carbonyl (C=O) groups excluding carboxylic acids is 1. The van der Waals surface area contributed by atoms with Crippen LogP contribution in [0.3, 0.4) is 0 Å². The summed E-state index contributed by atoms with van der Waals surface area (Å²) in [5, 5.41) is 3.06. The highest BCUT2D eigenvalue weighted by Gasteiger charge is 2.10. The Hall–Kier alpha value is -1.07. The molecule has 1 heterocycles. The molecular formula is C16H22N2OS2. The number of fused-ring (bicyclic) bond motifs is 1. The number of benzene rings is 1. The third-order valence-corrected chi connectivity index (χ3v) is 5.36. The molecule has 1 atom stereocenters. The Balaban J connectivity index is 1.78. The van der Waals surface area contributed by atoms with Crippen molar-refractivity contribution in [3.05, 3.63) is 24.3 Å². The van der Waals surface area contributed by atoms with E-state index >= 15 is 0 Å². The Bertz CT molecular complexity index is 562. The molecule has 0 saturated carbocycles. The van der Waals surface area contributed by atoms with E-state index in [-0.39, 0.29) is 11.9 Å². The quantitative estimate of drug-likeness (QED) is 0.772. The topological polar surface area (TPSA) is 42.0 Å². The average molecular weight is 322 g/mol. The first-order valence-corrected chi connectivity index (χ1v) is 9.12. The average Bonchev–Trinajstić information content (AvgIpc) is 2.86. The molecule has 2 aromatic rings. The van der Waals surface area contributed by atoms with E-state index in [1.54, 1.807) is 11.3 Å². The molecule has 0 spiro atoms. The minimum atomic E-state index is 0.0931. The maximum absolute atomic E-state index is 11.9. The minimum absolute atomic E-state index is 0.0931. The monoisotopic (exact) mass is 322 g/mol. The van der Waals surface area contributed by atoms with Crippen molar-refractivity contribution in [1.29, 1.82) is 0 Å². The van der Waals surface area contributed by atoms with E-state index in [1.165, 1.54) is 16.5 Å². The first-order valence-electron chi connectivity index (χ1n) is 7.32. The van der Waals surface area contributed by atoms with Crippen LogP contribution in [-0.4, -0.2) is 22.7 Å². The third-order valence-electron chi connectivity index (χ3n) is 3.19. The summed E-state index contributed by atoms with van der Waals surface area (Å²) in [5.74, 6) is 1.21. The van der Waals surface area contributed by atoms with Gasteiger partial charge in [0.1, 0.15) is 0 Å². The minimum Gasteiger partial charge on any atom is -0.353 e. The normalized spacial score (nSPS) is 12.8. The highest BCUT2D eigenvalue weighted by atomic mass is 32.2.